The van der Waals surface area contributed by atoms with Gasteiger partial charge in [0, 0.05) is 13.6 Å². The van der Waals surface area contributed by atoms with Crippen LogP contribution in [0.25, 0.3) is 0 Å². The third-order valence-electron chi connectivity index (χ3n) is 3.57. The third-order valence-corrected chi connectivity index (χ3v) is 3.57. The molecule has 2 aromatic carbocycles. The van der Waals surface area contributed by atoms with Crippen molar-refractivity contribution in [2.75, 3.05) is 26.7 Å². The van der Waals surface area contributed by atoms with Gasteiger partial charge in [-0.25, -0.2) is 0 Å². The quantitative estimate of drug-likeness (QED) is 0.300. The number of benzene rings is 2. The Balaban J connectivity index is 0.00000288. The van der Waals surface area contributed by atoms with Gasteiger partial charge in [-0.3, -0.25) is 4.99 Å². The Morgan fingerprint density at radius 3 is 2.25 bits per heavy atom. The average Bonchev–Trinajstić information content (AvgIpc) is 2.62. The fourth-order valence-electron chi connectivity index (χ4n) is 2.22. The number of rotatable bonds is 7. The van der Waals surface area contributed by atoms with Crippen molar-refractivity contribution in [1.29, 1.82) is 0 Å². The van der Waals surface area contributed by atoms with Crippen LogP contribution in [-0.2, 0) is 0 Å². The summed E-state index contributed by atoms with van der Waals surface area (Å²) in [6.07, 6.45) is 0. The van der Waals surface area contributed by atoms with Crippen molar-refractivity contribution in [2.45, 2.75) is 12.8 Å². The maximum absolute atomic E-state index is 5.65. The summed E-state index contributed by atoms with van der Waals surface area (Å²) in [4.78, 5) is 4.24. The number of para-hydroxylation sites is 1. The van der Waals surface area contributed by atoms with Crippen molar-refractivity contribution in [1.82, 2.24) is 10.6 Å². The number of hydrogen-bond donors (Lipinski definition) is 2. The van der Waals surface area contributed by atoms with E-state index < -0.39 is 0 Å². The number of nitrogens with zero attached hydrogens (tertiary/aromatic N) is 1. The molecule has 130 valence electrons. The molecule has 24 heavy (non-hydrogen) atoms. The minimum absolute atomic E-state index is 0. The van der Waals surface area contributed by atoms with Crippen LogP contribution in [0.5, 0.6) is 5.75 Å². The van der Waals surface area contributed by atoms with Gasteiger partial charge < -0.3 is 15.4 Å². The predicted octanol–water partition coefficient (Wildman–Crippen LogP) is 3.65. The molecular formula is C19H26IN3O. The second-order valence-electron chi connectivity index (χ2n) is 5.35. The van der Waals surface area contributed by atoms with Gasteiger partial charge in [-0.2, -0.15) is 0 Å². The lowest BCUT2D eigenvalue weighted by atomic mass is 10.0. The highest BCUT2D eigenvalue weighted by Crippen LogP contribution is 2.12. The van der Waals surface area contributed by atoms with Gasteiger partial charge in [-0.15, -0.1) is 24.0 Å². The van der Waals surface area contributed by atoms with Gasteiger partial charge in [0.1, 0.15) is 12.4 Å². The van der Waals surface area contributed by atoms with Crippen molar-refractivity contribution in [3.63, 3.8) is 0 Å². The Bertz CT molecular complexity index is 590. The molecule has 1 atom stereocenters. The molecule has 2 rings (SSSR count). The summed E-state index contributed by atoms with van der Waals surface area (Å²) in [5, 5.41) is 6.61. The highest BCUT2D eigenvalue weighted by atomic mass is 127. The third kappa shape index (κ3) is 7.21. The number of hydrogen-bond acceptors (Lipinski definition) is 2. The molecule has 0 spiro atoms. The van der Waals surface area contributed by atoms with Crippen LogP contribution >= 0.6 is 24.0 Å². The van der Waals surface area contributed by atoms with Crippen molar-refractivity contribution < 1.29 is 4.74 Å². The van der Waals surface area contributed by atoms with E-state index in [2.05, 4.69) is 46.8 Å². The van der Waals surface area contributed by atoms with E-state index in [4.69, 9.17) is 4.74 Å². The maximum atomic E-state index is 5.65. The molecule has 0 aliphatic heterocycles. The Morgan fingerprint density at radius 2 is 1.62 bits per heavy atom. The van der Waals surface area contributed by atoms with Gasteiger partial charge >= 0.3 is 0 Å². The zero-order valence-corrected chi connectivity index (χ0v) is 16.6. The zero-order valence-electron chi connectivity index (χ0n) is 14.2. The molecule has 0 radical (unpaired) electrons. The summed E-state index contributed by atoms with van der Waals surface area (Å²) < 4.78 is 5.65. The smallest absolute Gasteiger partial charge is 0.191 e. The number of nitrogens with one attached hydrogen (secondary N) is 2. The molecule has 0 heterocycles. The maximum Gasteiger partial charge on any atom is 0.191 e. The Morgan fingerprint density at radius 1 is 1.00 bits per heavy atom. The summed E-state index contributed by atoms with van der Waals surface area (Å²) in [6, 6.07) is 20.3. The molecule has 0 amide bonds. The molecule has 0 saturated heterocycles. The van der Waals surface area contributed by atoms with Crippen LogP contribution in [0.2, 0.25) is 0 Å². The minimum atomic E-state index is 0. The van der Waals surface area contributed by atoms with E-state index in [1.807, 2.05) is 36.4 Å². The molecule has 0 aliphatic rings. The van der Waals surface area contributed by atoms with E-state index in [0.717, 1.165) is 18.3 Å². The highest BCUT2D eigenvalue weighted by Gasteiger charge is 2.05. The monoisotopic (exact) mass is 439 g/mol. The molecule has 1 unspecified atom stereocenters. The molecule has 2 aromatic rings. The summed E-state index contributed by atoms with van der Waals surface area (Å²) in [6.45, 7) is 4.34. The van der Waals surface area contributed by atoms with Gasteiger partial charge in [0.2, 0.25) is 0 Å². The highest BCUT2D eigenvalue weighted by molar-refractivity contribution is 14.0. The Kier molecular flexibility index (Phi) is 9.91. The van der Waals surface area contributed by atoms with Crippen LogP contribution in [0.1, 0.15) is 18.4 Å². The van der Waals surface area contributed by atoms with Crippen LogP contribution in [0.3, 0.4) is 0 Å². The van der Waals surface area contributed by atoms with E-state index in [1.54, 1.807) is 7.05 Å². The summed E-state index contributed by atoms with van der Waals surface area (Å²) in [7, 11) is 1.78. The van der Waals surface area contributed by atoms with Crippen LogP contribution in [0.15, 0.2) is 65.7 Å². The topological polar surface area (TPSA) is 45.7 Å². The average molecular weight is 439 g/mol. The summed E-state index contributed by atoms with van der Waals surface area (Å²) >= 11 is 0. The fraction of sp³-hybridized carbons (Fsp3) is 0.316. The number of guanidine groups is 1. The molecule has 4 nitrogen and oxygen atoms in total. The normalized spacial score (nSPS) is 12.0. The summed E-state index contributed by atoms with van der Waals surface area (Å²) in [5.41, 5.74) is 1.32. The van der Waals surface area contributed by atoms with Gasteiger partial charge in [0.25, 0.3) is 0 Å². The second kappa shape index (κ2) is 11.7. The van der Waals surface area contributed by atoms with Crippen LogP contribution in [0, 0.1) is 0 Å². The lowest BCUT2D eigenvalue weighted by molar-refractivity contribution is 0.322. The van der Waals surface area contributed by atoms with Gasteiger partial charge in [0.15, 0.2) is 5.96 Å². The first-order valence-corrected chi connectivity index (χ1v) is 7.97. The molecular weight excluding hydrogens is 413 g/mol. The first-order chi connectivity index (χ1) is 11.3. The number of halogens is 1. The standard InChI is InChI=1S/C19H25N3O.HI/c1-16(17-9-5-3-6-10-17)15-22-19(20-2)21-13-14-23-18-11-7-4-8-12-18;/h3-12,16H,13-15H2,1-2H3,(H2,20,21,22);1H. The lowest BCUT2D eigenvalue weighted by Crippen LogP contribution is -2.40. The molecule has 0 aliphatic carbocycles. The van der Waals surface area contributed by atoms with Crippen LogP contribution in [0.4, 0.5) is 0 Å². The van der Waals surface area contributed by atoms with Crippen LogP contribution in [-0.4, -0.2) is 32.7 Å². The molecule has 5 heteroatoms. The van der Waals surface area contributed by atoms with Crippen molar-refractivity contribution in [3.8, 4) is 5.75 Å². The molecule has 0 fully saturated rings. The van der Waals surface area contributed by atoms with E-state index in [0.29, 0.717) is 19.1 Å². The largest absolute Gasteiger partial charge is 0.492 e. The first-order valence-electron chi connectivity index (χ1n) is 7.97. The second-order valence-corrected chi connectivity index (χ2v) is 5.35. The predicted molar refractivity (Wildman–Crippen MR) is 112 cm³/mol. The van der Waals surface area contributed by atoms with Crippen molar-refractivity contribution in [3.05, 3.63) is 66.2 Å². The van der Waals surface area contributed by atoms with E-state index in [1.165, 1.54) is 5.56 Å². The SMILES string of the molecule is CN=C(NCCOc1ccccc1)NCC(C)c1ccccc1.I. The van der Waals surface area contributed by atoms with Gasteiger partial charge in [-0.05, 0) is 23.6 Å². The molecule has 2 N–H and O–H groups in total. The summed E-state index contributed by atoms with van der Waals surface area (Å²) in [5.74, 6) is 2.11. The van der Waals surface area contributed by atoms with E-state index in [-0.39, 0.29) is 24.0 Å². The Labute approximate surface area is 161 Å². The lowest BCUT2D eigenvalue weighted by Gasteiger charge is -2.16. The molecule has 0 saturated carbocycles. The van der Waals surface area contributed by atoms with E-state index in [9.17, 15) is 0 Å². The van der Waals surface area contributed by atoms with Gasteiger partial charge in [0.05, 0.1) is 6.54 Å². The first kappa shape index (κ1) is 20.3. The van der Waals surface area contributed by atoms with Gasteiger partial charge in [-0.1, -0.05) is 55.5 Å². The number of aliphatic imine (C=N–C) groups is 1. The fourth-order valence-corrected chi connectivity index (χ4v) is 2.22. The Hall–Kier alpha value is -1.76. The molecule has 0 bridgehead atoms. The van der Waals surface area contributed by atoms with Crippen LogP contribution < -0.4 is 15.4 Å². The van der Waals surface area contributed by atoms with Crippen molar-refractivity contribution in [2.24, 2.45) is 4.99 Å². The molecule has 0 aromatic heterocycles. The van der Waals surface area contributed by atoms with Crippen molar-refractivity contribution >= 4 is 29.9 Å². The minimum Gasteiger partial charge on any atom is -0.492 e. The van der Waals surface area contributed by atoms with E-state index >= 15 is 0 Å². The number of ether oxygens (including phenoxy) is 1. The zero-order chi connectivity index (χ0) is 16.3.